The number of carbonyl (C=O) groups is 1. The van der Waals surface area contributed by atoms with Crippen molar-refractivity contribution in [3.63, 3.8) is 0 Å². The quantitative estimate of drug-likeness (QED) is 0.856. The number of hydrogen-bond donors (Lipinski definition) is 2. The molecule has 0 atom stereocenters. The molecule has 1 heterocycles. The Morgan fingerprint density at radius 2 is 1.86 bits per heavy atom. The Hall–Kier alpha value is -2.36. The third-order valence-corrected chi connectivity index (χ3v) is 3.22. The van der Waals surface area contributed by atoms with Gasteiger partial charge in [-0.1, -0.05) is 43.7 Å². The van der Waals surface area contributed by atoms with Crippen LogP contribution in [0.4, 0.5) is 11.5 Å². The molecule has 0 spiro atoms. The van der Waals surface area contributed by atoms with E-state index in [0.29, 0.717) is 18.0 Å². The van der Waals surface area contributed by atoms with Crippen molar-refractivity contribution in [3.8, 4) is 0 Å². The van der Waals surface area contributed by atoms with Crippen molar-refractivity contribution < 1.29 is 4.79 Å². The average molecular weight is 297 g/mol. The summed E-state index contributed by atoms with van der Waals surface area (Å²) in [4.78, 5) is 16.3. The fourth-order valence-electron chi connectivity index (χ4n) is 1.98. The van der Waals surface area contributed by atoms with Crippen LogP contribution in [0.2, 0.25) is 0 Å². The highest BCUT2D eigenvalue weighted by Gasteiger charge is 2.05. The summed E-state index contributed by atoms with van der Waals surface area (Å²) in [5.41, 5.74) is 2.91. The molecular formula is C18H23N3O. The maximum atomic E-state index is 12.0. The number of nitrogens with zero attached hydrogens (tertiary/aromatic N) is 1. The van der Waals surface area contributed by atoms with Crippen LogP contribution in [-0.4, -0.2) is 17.4 Å². The first-order chi connectivity index (χ1) is 10.5. The molecule has 4 heteroatoms. The lowest BCUT2D eigenvalue weighted by Gasteiger charge is -2.09. The summed E-state index contributed by atoms with van der Waals surface area (Å²) in [6, 6.07) is 11.7. The summed E-state index contributed by atoms with van der Waals surface area (Å²) in [5, 5.41) is 6.11. The molecule has 116 valence electrons. The minimum atomic E-state index is -0.0338. The number of amides is 1. The van der Waals surface area contributed by atoms with Gasteiger partial charge in [0, 0.05) is 6.54 Å². The lowest BCUT2D eigenvalue weighted by atomic mass is 10.1. The van der Waals surface area contributed by atoms with Crippen LogP contribution in [0.1, 0.15) is 25.0 Å². The summed E-state index contributed by atoms with van der Waals surface area (Å²) >= 11 is 0. The molecular weight excluding hydrogens is 274 g/mol. The Balaban J connectivity index is 1.87. The van der Waals surface area contributed by atoms with E-state index >= 15 is 0 Å². The van der Waals surface area contributed by atoms with E-state index in [1.807, 2.05) is 43.3 Å². The zero-order valence-electron chi connectivity index (χ0n) is 13.4. The molecule has 1 aromatic carbocycles. The van der Waals surface area contributed by atoms with Gasteiger partial charge in [0.25, 0.3) is 0 Å². The van der Waals surface area contributed by atoms with Gasteiger partial charge in [-0.05, 0) is 30.5 Å². The van der Waals surface area contributed by atoms with E-state index in [2.05, 4.69) is 29.5 Å². The SMILES string of the molecule is Cc1ccc(CC(=O)Nc2ccc(NCC(C)C)nc2)cc1. The van der Waals surface area contributed by atoms with E-state index in [1.54, 1.807) is 6.20 Å². The second kappa shape index (κ2) is 7.59. The Morgan fingerprint density at radius 1 is 1.14 bits per heavy atom. The second-order valence-corrected chi connectivity index (χ2v) is 5.92. The van der Waals surface area contributed by atoms with Gasteiger partial charge in [0.1, 0.15) is 5.82 Å². The maximum Gasteiger partial charge on any atom is 0.228 e. The van der Waals surface area contributed by atoms with Crippen molar-refractivity contribution >= 4 is 17.4 Å². The maximum absolute atomic E-state index is 12.0. The van der Waals surface area contributed by atoms with Gasteiger partial charge in [0.15, 0.2) is 0 Å². The van der Waals surface area contributed by atoms with E-state index in [4.69, 9.17) is 0 Å². The molecule has 0 unspecified atom stereocenters. The van der Waals surface area contributed by atoms with Crippen molar-refractivity contribution in [2.75, 3.05) is 17.2 Å². The van der Waals surface area contributed by atoms with Crippen LogP contribution in [-0.2, 0) is 11.2 Å². The van der Waals surface area contributed by atoms with Crippen LogP contribution >= 0.6 is 0 Å². The lowest BCUT2D eigenvalue weighted by Crippen LogP contribution is -2.15. The molecule has 4 nitrogen and oxygen atoms in total. The standard InChI is InChI=1S/C18H23N3O/c1-13(2)11-19-17-9-8-16(12-20-17)21-18(22)10-15-6-4-14(3)5-7-15/h4-9,12-13H,10-11H2,1-3H3,(H,19,20)(H,21,22). The molecule has 1 aromatic heterocycles. The Bertz CT molecular complexity index is 603. The zero-order valence-corrected chi connectivity index (χ0v) is 13.4. The van der Waals surface area contributed by atoms with Gasteiger partial charge < -0.3 is 10.6 Å². The van der Waals surface area contributed by atoms with Crippen molar-refractivity contribution in [2.24, 2.45) is 5.92 Å². The summed E-state index contributed by atoms with van der Waals surface area (Å²) in [5.74, 6) is 1.36. The average Bonchev–Trinajstić information content (AvgIpc) is 2.49. The number of rotatable bonds is 6. The van der Waals surface area contributed by atoms with Crippen LogP contribution in [0, 0.1) is 12.8 Å². The van der Waals surface area contributed by atoms with Gasteiger partial charge in [0.05, 0.1) is 18.3 Å². The number of pyridine rings is 1. The Kier molecular flexibility index (Phi) is 5.53. The predicted molar refractivity (Wildman–Crippen MR) is 91.1 cm³/mol. The second-order valence-electron chi connectivity index (χ2n) is 5.92. The van der Waals surface area contributed by atoms with Crippen molar-refractivity contribution in [3.05, 3.63) is 53.7 Å². The van der Waals surface area contributed by atoms with Gasteiger partial charge in [-0.25, -0.2) is 4.98 Å². The normalized spacial score (nSPS) is 10.5. The molecule has 2 aromatic rings. The molecule has 0 aliphatic heterocycles. The number of anilines is 2. The summed E-state index contributed by atoms with van der Waals surface area (Å²) in [7, 11) is 0. The third kappa shape index (κ3) is 5.20. The number of aryl methyl sites for hydroxylation is 1. The van der Waals surface area contributed by atoms with E-state index < -0.39 is 0 Å². The molecule has 22 heavy (non-hydrogen) atoms. The smallest absolute Gasteiger partial charge is 0.228 e. The van der Waals surface area contributed by atoms with Crippen molar-refractivity contribution in [1.29, 1.82) is 0 Å². The first-order valence-corrected chi connectivity index (χ1v) is 7.58. The van der Waals surface area contributed by atoms with Crippen molar-refractivity contribution in [2.45, 2.75) is 27.2 Å². The topological polar surface area (TPSA) is 54.0 Å². The van der Waals surface area contributed by atoms with Gasteiger partial charge in [-0.3, -0.25) is 4.79 Å². The van der Waals surface area contributed by atoms with Gasteiger partial charge >= 0.3 is 0 Å². The Morgan fingerprint density at radius 3 is 2.45 bits per heavy atom. The predicted octanol–water partition coefficient (Wildman–Crippen LogP) is 3.64. The van der Waals surface area contributed by atoms with Gasteiger partial charge in [0.2, 0.25) is 5.91 Å². The fraction of sp³-hybridized carbons (Fsp3) is 0.333. The number of hydrogen-bond acceptors (Lipinski definition) is 3. The molecule has 0 saturated carbocycles. The summed E-state index contributed by atoms with van der Waals surface area (Å²) in [6.45, 7) is 7.20. The van der Waals surface area contributed by atoms with Gasteiger partial charge in [-0.2, -0.15) is 0 Å². The van der Waals surface area contributed by atoms with E-state index in [-0.39, 0.29) is 5.91 Å². The highest BCUT2D eigenvalue weighted by molar-refractivity contribution is 5.92. The first kappa shape index (κ1) is 16.0. The lowest BCUT2D eigenvalue weighted by molar-refractivity contribution is -0.115. The van der Waals surface area contributed by atoms with Gasteiger partial charge in [-0.15, -0.1) is 0 Å². The van der Waals surface area contributed by atoms with Crippen LogP contribution < -0.4 is 10.6 Å². The largest absolute Gasteiger partial charge is 0.370 e. The number of nitrogens with one attached hydrogen (secondary N) is 2. The highest BCUT2D eigenvalue weighted by atomic mass is 16.1. The summed E-state index contributed by atoms with van der Waals surface area (Å²) < 4.78 is 0. The minimum Gasteiger partial charge on any atom is -0.370 e. The van der Waals surface area contributed by atoms with Crippen LogP contribution in [0.25, 0.3) is 0 Å². The van der Waals surface area contributed by atoms with Crippen molar-refractivity contribution in [1.82, 2.24) is 4.98 Å². The first-order valence-electron chi connectivity index (χ1n) is 7.58. The molecule has 0 fully saturated rings. The molecule has 2 rings (SSSR count). The number of benzene rings is 1. The minimum absolute atomic E-state index is 0.0338. The van der Waals surface area contributed by atoms with E-state index in [9.17, 15) is 4.79 Å². The Labute approximate surface area is 132 Å². The highest BCUT2D eigenvalue weighted by Crippen LogP contribution is 2.11. The molecule has 0 aliphatic carbocycles. The third-order valence-electron chi connectivity index (χ3n) is 3.22. The van der Waals surface area contributed by atoms with Crippen LogP contribution in [0.15, 0.2) is 42.6 Å². The van der Waals surface area contributed by atoms with Crippen LogP contribution in [0.3, 0.4) is 0 Å². The monoisotopic (exact) mass is 297 g/mol. The van der Waals surface area contributed by atoms with E-state index in [1.165, 1.54) is 5.56 Å². The molecule has 0 radical (unpaired) electrons. The number of carbonyl (C=O) groups excluding carboxylic acids is 1. The molecule has 1 amide bonds. The zero-order chi connectivity index (χ0) is 15.9. The fourth-order valence-corrected chi connectivity index (χ4v) is 1.98. The molecule has 0 bridgehead atoms. The summed E-state index contributed by atoms with van der Waals surface area (Å²) in [6.07, 6.45) is 2.04. The molecule has 2 N–H and O–H groups in total. The molecule has 0 aliphatic rings. The van der Waals surface area contributed by atoms with E-state index in [0.717, 1.165) is 17.9 Å². The number of aromatic nitrogens is 1. The molecule has 0 saturated heterocycles. The van der Waals surface area contributed by atoms with Crippen LogP contribution in [0.5, 0.6) is 0 Å².